The number of hydrogen-bond acceptors (Lipinski definition) is 7. The number of fused-ring (bicyclic) bond motifs is 1. The zero-order valence-corrected chi connectivity index (χ0v) is 6.97. The number of nitro groups is 2. The maximum atomic E-state index is 10.6. The van der Waals surface area contributed by atoms with Crippen LogP contribution in [-0.4, -0.2) is 29.7 Å². The Bertz CT molecular complexity index is 562. The second-order valence-corrected chi connectivity index (χ2v) is 2.46. The molecule has 0 spiro atoms. The highest BCUT2D eigenvalue weighted by Gasteiger charge is 2.31. The monoisotopic (exact) mass is 210 g/mol. The third-order valence-corrected chi connectivity index (χ3v) is 1.62. The fraction of sp³-hybridized carbons (Fsp3) is 0. The lowest BCUT2D eigenvalue weighted by atomic mass is 10.6. The number of nitrogens with zero attached hydrogens (tertiary/aromatic N) is 6. The minimum atomic E-state index is -0.980. The largest absolute Gasteiger partial charge is 0.486 e. The maximum Gasteiger partial charge on any atom is 0.486 e. The van der Waals surface area contributed by atoms with Crippen LogP contribution in [0.1, 0.15) is 0 Å². The molecule has 0 radical (unpaired) electrons. The van der Waals surface area contributed by atoms with Crippen molar-refractivity contribution in [3.63, 3.8) is 0 Å². The molecular weight excluding hydrogens is 208 g/mol. The average Bonchev–Trinajstić information content (AvgIpc) is 2.62. The van der Waals surface area contributed by atoms with Crippen LogP contribution < -0.4 is 0 Å². The predicted molar refractivity (Wildman–Crippen MR) is 44.1 cm³/mol. The van der Waals surface area contributed by atoms with Gasteiger partial charge in [-0.05, 0) is 9.85 Å². The Morgan fingerprint density at radius 2 is 1.93 bits per heavy atom. The molecule has 0 aromatic carbocycles. The van der Waals surface area contributed by atoms with E-state index in [1.54, 1.807) is 0 Å². The quantitative estimate of drug-likeness (QED) is 0.501. The molecule has 0 amide bonds. The second kappa shape index (κ2) is 2.94. The van der Waals surface area contributed by atoms with Crippen molar-refractivity contribution in [2.24, 2.45) is 0 Å². The van der Waals surface area contributed by atoms with Gasteiger partial charge >= 0.3 is 11.6 Å². The minimum absolute atomic E-state index is 0.0762. The lowest BCUT2D eigenvalue weighted by molar-refractivity contribution is -0.430. The SMILES string of the molecule is O=[N+]([O-])c1nnc2ccnn2c1[N+](=O)[O-]. The smallest absolute Gasteiger partial charge is 0.358 e. The first-order valence-electron chi connectivity index (χ1n) is 3.60. The van der Waals surface area contributed by atoms with Gasteiger partial charge in [-0.1, -0.05) is 9.61 Å². The van der Waals surface area contributed by atoms with Crippen LogP contribution in [0.4, 0.5) is 11.6 Å². The van der Waals surface area contributed by atoms with Crippen molar-refractivity contribution in [3.05, 3.63) is 32.5 Å². The summed E-state index contributed by atoms with van der Waals surface area (Å²) in [6, 6.07) is 1.35. The molecule has 2 rings (SSSR count). The van der Waals surface area contributed by atoms with Crippen molar-refractivity contribution in [1.29, 1.82) is 0 Å². The highest BCUT2D eigenvalue weighted by Crippen LogP contribution is 2.22. The van der Waals surface area contributed by atoms with Gasteiger partial charge in [-0.2, -0.15) is 0 Å². The highest BCUT2D eigenvalue weighted by molar-refractivity contribution is 5.48. The van der Waals surface area contributed by atoms with E-state index >= 15 is 0 Å². The Morgan fingerprint density at radius 3 is 2.53 bits per heavy atom. The molecule has 0 saturated heterocycles. The maximum absolute atomic E-state index is 10.6. The lowest BCUT2D eigenvalue weighted by Crippen LogP contribution is -2.07. The topological polar surface area (TPSA) is 129 Å². The Hall–Kier alpha value is -2.65. The summed E-state index contributed by atoms with van der Waals surface area (Å²) in [5.41, 5.74) is 0.0762. The van der Waals surface area contributed by atoms with Gasteiger partial charge in [0.15, 0.2) is 0 Å². The van der Waals surface area contributed by atoms with E-state index in [0.717, 1.165) is 4.52 Å². The van der Waals surface area contributed by atoms with Gasteiger partial charge in [0.25, 0.3) is 5.65 Å². The van der Waals surface area contributed by atoms with Crippen LogP contribution in [-0.2, 0) is 0 Å². The van der Waals surface area contributed by atoms with Crippen molar-refractivity contribution >= 4 is 17.3 Å². The molecule has 0 atom stereocenters. The van der Waals surface area contributed by atoms with E-state index in [4.69, 9.17) is 0 Å². The average molecular weight is 210 g/mol. The molecule has 10 heteroatoms. The summed E-state index contributed by atoms with van der Waals surface area (Å²) in [6.45, 7) is 0. The molecule has 0 unspecified atom stereocenters. The molecule has 0 saturated carbocycles. The first kappa shape index (κ1) is 8.93. The van der Waals surface area contributed by atoms with Crippen LogP contribution >= 0.6 is 0 Å². The molecule has 10 nitrogen and oxygen atoms in total. The van der Waals surface area contributed by atoms with Gasteiger partial charge in [0, 0.05) is 11.2 Å². The second-order valence-electron chi connectivity index (χ2n) is 2.46. The molecule has 2 heterocycles. The Balaban J connectivity index is 2.87. The molecule has 15 heavy (non-hydrogen) atoms. The molecule has 0 aliphatic rings. The van der Waals surface area contributed by atoms with Crippen LogP contribution in [0.25, 0.3) is 5.65 Å². The Morgan fingerprint density at radius 1 is 1.20 bits per heavy atom. The predicted octanol–water partition coefficient (Wildman–Crippen LogP) is -0.0593. The van der Waals surface area contributed by atoms with Crippen molar-refractivity contribution < 1.29 is 9.85 Å². The van der Waals surface area contributed by atoms with E-state index in [-0.39, 0.29) is 5.65 Å². The van der Waals surface area contributed by atoms with Crippen molar-refractivity contribution in [1.82, 2.24) is 19.8 Å². The fourth-order valence-corrected chi connectivity index (χ4v) is 1.05. The summed E-state index contributed by atoms with van der Waals surface area (Å²) in [4.78, 5) is 19.2. The third-order valence-electron chi connectivity index (χ3n) is 1.62. The summed E-state index contributed by atoms with van der Waals surface area (Å²) >= 11 is 0. The minimum Gasteiger partial charge on any atom is -0.358 e. The lowest BCUT2D eigenvalue weighted by Gasteiger charge is -1.95. The van der Waals surface area contributed by atoms with Gasteiger partial charge in [0.1, 0.15) is 0 Å². The van der Waals surface area contributed by atoms with Crippen molar-refractivity contribution in [2.75, 3.05) is 0 Å². The van der Waals surface area contributed by atoms with Gasteiger partial charge in [-0.25, -0.2) is 0 Å². The normalized spacial score (nSPS) is 10.4. The van der Waals surface area contributed by atoms with Gasteiger partial charge in [-0.3, -0.25) is 0 Å². The van der Waals surface area contributed by atoms with E-state index in [9.17, 15) is 20.2 Å². The van der Waals surface area contributed by atoms with Gasteiger partial charge in [-0.15, -0.1) is 0 Å². The first-order valence-corrected chi connectivity index (χ1v) is 3.60. The summed E-state index contributed by atoms with van der Waals surface area (Å²) in [7, 11) is 0. The van der Waals surface area contributed by atoms with E-state index in [0.29, 0.717) is 0 Å². The molecule has 0 fully saturated rings. The van der Waals surface area contributed by atoms with Crippen LogP contribution in [0.5, 0.6) is 0 Å². The zero-order chi connectivity index (χ0) is 11.0. The van der Waals surface area contributed by atoms with E-state index in [1.165, 1.54) is 12.3 Å². The van der Waals surface area contributed by atoms with E-state index < -0.39 is 21.5 Å². The van der Waals surface area contributed by atoms with E-state index in [2.05, 4.69) is 15.3 Å². The van der Waals surface area contributed by atoms with Crippen LogP contribution in [0, 0.1) is 20.2 Å². The van der Waals surface area contributed by atoms with Gasteiger partial charge < -0.3 is 20.2 Å². The third kappa shape index (κ3) is 1.23. The fourth-order valence-electron chi connectivity index (χ4n) is 1.05. The van der Waals surface area contributed by atoms with Crippen molar-refractivity contribution in [2.45, 2.75) is 0 Å². The Kier molecular flexibility index (Phi) is 1.75. The Labute approximate surface area is 80.5 Å². The highest BCUT2D eigenvalue weighted by atomic mass is 16.6. The number of rotatable bonds is 2. The molecule has 76 valence electrons. The van der Waals surface area contributed by atoms with Crippen LogP contribution in [0.15, 0.2) is 12.3 Å². The summed E-state index contributed by atoms with van der Waals surface area (Å²) < 4.78 is 0.755. The molecule has 0 N–H and O–H groups in total. The summed E-state index contributed by atoms with van der Waals surface area (Å²) in [5.74, 6) is -1.74. The zero-order valence-electron chi connectivity index (χ0n) is 6.97. The van der Waals surface area contributed by atoms with Crippen LogP contribution in [0.3, 0.4) is 0 Å². The molecule has 0 aliphatic heterocycles. The number of aromatic nitrogens is 4. The summed E-state index contributed by atoms with van der Waals surface area (Å²) in [6.07, 6.45) is 1.24. The first-order chi connectivity index (χ1) is 7.11. The summed E-state index contributed by atoms with van der Waals surface area (Å²) in [5, 5.41) is 31.2. The number of hydrogen-bond donors (Lipinski definition) is 0. The van der Waals surface area contributed by atoms with Crippen molar-refractivity contribution in [3.8, 4) is 0 Å². The molecule has 0 bridgehead atoms. The van der Waals surface area contributed by atoms with E-state index in [1.807, 2.05) is 0 Å². The molecule has 2 aromatic rings. The van der Waals surface area contributed by atoms with Gasteiger partial charge in [0.2, 0.25) is 0 Å². The van der Waals surface area contributed by atoms with Gasteiger partial charge in [0.05, 0.1) is 11.3 Å². The molecule has 2 aromatic heterocycles. The van der Waals surface area contributed by atoms with Crippen LogP contribution in [0.2, 0.25) is 0 Å². The molecule has 0 aliphatic carbocycles. The standard InChI is InChI=1S/C5H2N6O4/c12-10(13)4-5(11(14)15)9-3(7-8-4)1-2-6-9/h1-2H. The molecular formula is C5H2N6O4.